The Hall–Kier alpha value is -0.870. The Kier molecular flexibility index (Phi) is 4.41. The minimum atomic E-state index is 0.175. The zero-order valence-corrected chi connectivity index (χ0v) is 12.8. The summed E-state index contributed by atoms with van der Waals surface area (Å²) in [6.45, 7) is 1.46. The molecule has 0 saturated heterocycles. The number of hydrogen-bond acceptors (Lipinski definition) is 3. The Morgan fingerprint density at radius 3 is 2.75 bits per heavy atom. The Morgan fingerprint density at radius 2 is 2.10 bits per heavy atom. The van der Waals surface area contributed by atoms with Gasteiger partial charge in [0.05, 0.1) is 6.54 Å². The Balaban J connectivity index is 1.71. The van der Waals surface area contributed by atoms with Gasteiger partial charge in [0.25, 0.3) is 0 Å². The van der Waals surface area contributed by atoms with Crippen LogP contribution >= 0.6 is 11.3 Å². The minimum absolute atomic E-state index is 0.175. The molecule has 2 fully saturated rings. The normalized spacial score (nSPS) is 26.4. The zero-order chi connectivity index (χ0) is 13.9. The van der Waals surface area contributed by atoms with Crippen molar-refractivity contribution in [2.24, 2.45) is 17.6 Å². The first-order valence-electron chi connectivity index (χ1n) is 7.82. The smallest absolute Gasteiger partial charge is 0.226 e. The zero-order valence-electron chi connectivity index (χ0n) is 12.0. The average molecular weight is 292 g/mol. The summed E-state index contributed by atoms with van der Waals surface area (Å²) in [4.78, 5) is 16.4. The molecule has 1 aromatic heterocycles. The van der Waals surface area contributed by atoms with Crippen LogP contribution in [0, 0.1) is 11.8 Å². The van der Waals surface area contributed by atoms with E-state index in [1.165, 1.54) is 30.6 Å². The summed E-state index contributed by atoms with van der Waals surface area (Å²) in [6.07, 6.45) is 6.94. The summed E-state index contributed by atoms with van der Waals surface area (Å²) >= 11 is 1.75. The van der Waals surface area contributed by atoms with Crippen molar-refractivity contribution < 1.29 is 4.79 Å². The molecule has 2 unspecified atom stereocenters. The Bertz CT molecular complexity index is 441. The van der Waals surface area contributed by atoms with Crippen LogP contribution in [0.5, 0.6) is 0 Å². The van der Waals surface area contributed by atoms with Crippen molar-refractivity contribution >= 4 is 17.2 Å². The summed E-state index contributed by atoms with van der Waals surface area (Å²) in [5, 5.41) is 2.09. The largest absolute Gasteiger partial charge is 0.334 e. The monoisotopic (exact) mass is 292 g/mol. The van der Waals surface area contributed by atoms with Gasteiger partial charge in [0.2, 0.25) is 5.91 Å². The number of nitrogens with zero attached hydrogens (tertiary/aromatic N) is 1. The van der Waals surface area contributed by atoms with E-state index in [1.54, 1.807) is 11.3 Å². The number of rotatable bonds is 5. The van der Waals surface area contributed by atoms with Crippen LogP contribution in [0.1, 0.15) is 43.4 Å². The lowest BCUT2D eigenvalue weighted by atomic mass is 9.78. The third-order valence-electron chi connectivity index (χ3n) is 4.71. The highest BCUT2D eigenvalue weighted by Gasteiger charge is 2.39. The van der Waals surface area contributed by atoms with Gasteiger partial charge in [0.1, 0.15) is 0 Å². The molecule has 2 aliphatic rings. The molecule has 0 aromatic carbocycles. The number of amides is 1. The topological polar surface area (TPSA) is 46.3 Å². The molecule has 0 spiro atoms. The first kappa shape index (κ1) is 14.1. The predicted molar refractivity (Wildman–Crippen MR) is 82.4 cm³/mol. The molecule has 1 aromatic rings. The highest BCUT2D eigenvalue weighted by molar-refractivity contribution is 7.09. The van der Waals surface area contributed by atoms with Gasteiger partial charge >= 0.3 is 0 Å². The molecule has 0 aliphatic heterocycles. The van der Waals surface area contributed by atoms with E-state index in [-0.39, 0.29) is 5.92 Å². The number of thiophene rings is 1. The molecule has 0 radical (unpaired) electrons. The first-order valence-corrected chi connectivity index (χ1v) is 8.70. The van der Waals surface area contributed by atoms with E-state index in [1.807, 2.05) is 0 Å². The summed E-state index contributed by atoms with van der Waals surface area (Å²) in [6, 6.07) is 4.69. The lowest BCUT2D eigenvalue weighted by molar-refractivity contribution is -0.139. The second-order valence-electron chi connectivity index (χ2n) is 6.16. The van der Waals surface area contributed by atoms with Crippen LogP contribution in [-0.2, 0) is 11.3 Å². The molecular formula is C16H24N2OS. The number of hydrogen-bond donors (Lipinski definition) is 1. The fourth-order valence-electron chi connectivity index (χ4n) is 3.37. The van der Waals surface area contributed by atoms with E-state index in [0.717, 1.165) is 19.4 Å². The van der Waals surface area contributed by atoms with Crippen molar-refractivity contribution in [1.82, 2.24) is 4.90 Å². The van der Waals surface area contributed by atoms with Gasteiger partial charge in [0, 0.05) is 16.8 Å². The molecule has 2 saturated carbocycles. The highest BCUT2D eigenvalue weighted by Crippen LogP contribution is 2.36. The standard InChI is InChI=1S/C16H24N2OS/c17-10-12-4-1-2-6-15(12)16(19)18(13-7-8-13)11-14-5-3-9-20-14/h3,5,9,12-13,15H,1-2,4,6-8,10-11,17H2. The molecule has 3 rings (SSSR count). The van der Waals surface area contributed by atoms with Crippen LogP contribution < -0.4 is 5.73 Å². The molecular weight excluding hydrogens is 268 g/mol. The van der Waals surface area contributed by atoms with Crippen LogP contribution in [0.25, 0.3) is 0 Å². The fourth-order valence-corrected chi connectivity index (χ4v) is 4.07. The lowest BCUT2D eigenvalue weighted by Gasteiger charge is -2.34. The fraction of sp³-hybridized carbons (Fsp3) is 0.688. The van der Waals surface area contributed by atoms with Crippen LogP contribution in [0.2, 0.25) is 0 Å². The maximum absolute atomic E-state index is 13.0. The van der Waals surface area contributed by atoms with Crippen LogP contribution in [0.15, 0.2) is 17.5 Å². The first-order chi connectivity index (χ1) is 9.79. The average Bonchev–Trinajstić information content (AvgIpc) is 3.20. The maximum atomic E-state index is 13.0. The summed E-state index contributed by atoms with van der Waals surface area (Å²) in [7, 11) is 0. The molecule has 20 heavy (non-hydrogen) atoms. The SMILES string of the molecule is NCC1CCCCC1C(=O)N(Cc1cccs1)C1CC1. The maximum Gasteiger partial charge on any atom is 0.226 e. The van der Waals surface area contributed by atoms with E-state index in [4.69, 9.17) is 5.73 Å². The van der Waals surface area contributed by atoms with Crippen LogP contribution in [0.3, 0.4) is 0 Å². The summed E-state index contributed by atoms with van der Waals surface area (Å²) < 4.78 is 0. The van der Waals surface area contributed by atoms with E-state index in [2.05, 4.69) is 22.4 Å². The van der Waals surface area contributed by atoms with Crippen molar-refractivity contribution in [3.8, 4) is 0 Å². The molecule has 1 amide bonds. The van der Waals surface area contributed by atoms with Crippen molar-refractivity contribution in [1.29, 1.82) is 0 Å². The van der Waals surface area contributed by atoms with Crippen LogP contribution in [0.4, 0.5) is 0 Å². The molecule has 2 atom stereocenters. The van der Waals surface area contributed by atoms with E-state index < -0.39 is 0 Å². The van der Waals surface area contributed by atoms with Gasteiger partial charge in [0.15, 0.2) is 0 Å². The third kappa shape index (κ3) is 3.07. The van der Waals surface area contributed by atoms with Crippen molar-refractivity contribution in [2.45, 2.75) is 51.1 Å². The lowest BCUT2D eigenvalue weighted by Crippen LogP contribution is -2.42. The van der Waals surface area contributed by atoms with Gasteiger partial charge in [-0.2, -0.15) is 0 Å². The molecule has 2 N–H and O–H groups in total. The van der Waals surface area contributed by atoms with E-state index >= 15 is 0 Å². The van der Waals surface area contributed by atoms with Gasteiger partial charge < -0.3 is 10.6 Å². The van der Waals surface area contributed by atoms with Gasteiger partial charge in [-0.25, -0.2) is 0 Å². The number of carbonyl (C=O) groups excluding carboxylic acids is 1. The van der Waals surface area contributed by atoms with Gasteiger partial charge in [-0.15, -0.1) is 11.3 Å². The Morgan fingerprint density at radius 1 is 1.30 bits per heavy atom. The van der Waals surface area contributed by atoms with Gasteiger partial charge in [-0.3, -0.25) is 4.79 Å². The molecule has 3 nitrogen and oxygen atoms in total. The minimum Gasteiger partial charge on any atom is -0.334 e. The quantitative estimate of drug-likeness (QED) is 0.907. The molecule has 4 heteroatoms. The third-order valence-corrected chi connectivity index (χ3v) is 5.57. The van der Waals surface area contributed by atoms with Crippen molar-refractivity contribution in [3.63, 3.8) is 0 Å². The molecule has 2 aliphatic carbocycles. The molecule has 1 heterocycles. The second-order valence-corrected chi connectivity index (χ2v) is 7.20. The number of carbonyl (C=O) groups is 1. The van der Waals surface area contributed by atoms with Crippen LogP contribution in [-0.4, -0.2) is 23.4 Å². The molecule has 0 bridgehead atoms. The molecule has 110 valence electrons. The Labute approximate surface area is 125 Å². The van der Waals surface area contributed by atoms with E-state index in [9.17, 15) is 4.79 Å². The highest BCUT2D eigenvalue weighted by atomic mass is 32.1. The summed E-state index contributed by atoms with van der Waals surface area (Å²) in [5.41, 5.74) is 5.89. The van der Waals surface area contributed by atoms with E-state index in [0.29, 0.717) is 24.4 Å². The predicted octanol–water partition coefficient (Wildman–Crippen LogP) is 3.00. The van der Waals surface area contributed by atoms with Gasteiger partial charge in [-0.1, -0.05) is 18.9 Å². The number of nitrogens with two attached hydrogens (primary N) is 1. The van der Waals surface area contributed by atoms with Crippen molar-refractivity contribution in [2.75, 3.05) is 6.54 Å². The summed E-state index contributed by atoms with van der Waals surface area (Å²) in [5.74, 6) is 0.950. The van der Waals surface area contributed by atoms with Crippen molar-refractivity contribution in [3.05, 3.63) is 22.4 Å². The van der Waals surface area contributed by atoms with Gasteiger partial charge in [-0.05, 0) is 49.6 Å². The second kappa shape index (κ2) is 6.27.